The fourth-order valence-corrected chi connectivity index (χ4v) is 2.72. The average Bonchev–Trinajstić information content (AvgIpc) is 2.59. The maximum absolute atomic E-state index is 13.2. The van der Waals surface area contributed by atoms with Gasteiger partial charge in [0.1, 0.15) is 11.4 Å². The number of nitrogens with two attached hydrogens (primary N) is 1. The summed E-state index contributed by atoms with van der Waals surface area (Å²) in [5, 5.41) is 13.7. The summed E-state index contributed by atoms with van der Waals surface area (Å²) in [6.07, 6.45) is 1.24. The van der Waals surface area contributed by atoms with Gasteiger partial charge in [-0.15, -0.1) is 0 Å². The highest BCUT2D eigenvalue weighted by Crippen LogP contribution is 2.24. The molecule has 1 atom stereocenters. The fraction of sp³-hybridized carbons (Fsp3) is 0.467. The molecule has 1 heterocycles. The molecule has 0 aliphatic carbocycles. The smallest absolute Gasteiger partial charge is 0.285 e. The van der Waals surface area contributed by atoms with Crippen LogP contribution in [0.25, 0.3) is 0 Å². The number of nitrogens with one attached hydrogen (secondary N) is 1. The molecule has 0 aromatic heterocycles. The van der Waals surface area contributed by atoms with Crippen molar-refractivity contribution >= 4 is 17.5 Å². The normalized spacial score (nSPS) is 17.4. The van der Waals surface area contributed by atoms with E-state index < -0.39 is 22.3 Å². The number of likely N-dealkylation sites (tertiary alicyclic amines) is 1. The lowest BCUT2D eigenvalue weighted by Gasteiger charge is -2.32. The molecular formula is C15H19FN4O4. The lowest BCUT2D eigenvalue weighted by molar-refractivity contribution is -0.385. The van der Waals surface area contributed by atoms with E-state index in [2.05, 4.69) is 5.32 Å². The Morgan fingerprint density at radius 3 is 2.88 bits per heavy atom. The van der Waals surface area contributed by atoms with Crippen molar-refractivity contribution in [2.45, 2.75) is 12.8 Å². The first-order valence-corrected chi connectivity index (χ1v) is 7.65. The van der Waals surface area contributed by atoms with Gasteiger partial charge < -0.3 is 16.0 Å². The van der Waals surface area contributed by atoms with E-state index in [0.717, 1.165) is 18.2 Å². The minimum Gasteiger partial charge on any atom is -0.355 e. The first-order chi connectivity index (χ1) is 11.4. The maximum Gasteiger partial charge on any atom is 0.285 e. The largest absolute Gasteiger partial charge is 0.355 e. The molecule has 9 heteroatoms. The lowest BCUT2D eigenvalue weighted by Crippen LogP contribution is -2.46. The highest BCUT2D eigenvalue weighted by molar-refractivity contribution is 5.98. The SMILES string of the molecule is NCCNC(=O)C1CCCN(C(=O)c2ccc(F)cc2[N+](=O)[O-])C1. The number of hydrogen-bond donors (Lipinski definition) is 2. The Kier molecular flexibility index (Phi) is 5.80. The molecule has 8 nitrogen and oxygen atoms in total. The first kappa shape index (κ1) is 17.8. The summed E-state index contributed by atoms with van der Waals surface area (Å²) in [6, 6.07) is 2.84. The van der Waals surface area contributed by atoms with E-state index in [1.165, 1.54) is 4.90 Å². The van der Waals surface area contributed by atoms with Crippen LogP contribution in [0.1, 0.15) is 23.2 Å². The van der Waals surface area contributed by atoms with Crippen molar-refractivity contribution in [2.24, 2.45) is 11.7 Å². The summed E-state index contributed by atoms with van der Waals surface area (Å²) in [4.78, 5) is 36.2. The van der Waals surface area contributed by atoms with E-state index in [9.17, 15) is 24.1 Å². The van der Waals surface area contributed by atoms with Crippen LogP contribution in [0.5, 0.6) is 0 Å². The van der Waals surface area contributed by atoms with Gasteiger partial charge >= 0.3 is 0 Å². The quantitative estimate of drug-likeness (QED) is 0.604. The minimum absolute atomic E-state index is 0.170. The van der Waals surface area contributed by atoms with Crippen molar-refractivity contribution in [3.05, 3.63) is 39.7 Å². The summed E-state index contributed by atoms with van der Waals surface area (Å²) >= 11 is 0. The summed E-state index contributed by atoms with van der Waals surface area (Å²) < 4.78 is 13.2. The number of nitrogens with zero attached hydrogens (tertiary/aromatic N) is 2. The number of amides is 2. The van der Waals surface area contributed by atoms with Gasteiger partial charge in [-0.25, -0.2) is 4.39 Å². The molecule has 3 N–H and O–H groups in total. The van der Waals surface area contributed by atoms with Crippen LogP contribution in [0.2, 0.25) is 0 Å². The topological polar surface area (TPSA) is 119 Å². The third-order valence-corrected chi connectivity index (χ3v) is 3.91. The van der Waals surface area contributed by atoms with E-state index >= 15 is 0 Å². The molecule has 0 bridgehead atoms. The molecule has 24 heavy (non-hydrogen) atoms. The molecule has 1 aromatic rings. The number of piperidine rings is 1. The van der Waals surface area contributed by atoms with Gasteiger partial charge in [-0.3, -0.25) is 19.7 Å². The van der Waals surface area contributed by atoms with Crippen LogP contribution >= 0.6 is 0 Å². The van der Waals surface area contributed by atoms with E-state index in [4.69, 9.17) is 5.73 Å². The number of carbonyl (C=O) groups excluding carboxylic acids is 2. The molecule has 1 aromatic carbocycles. The predicted molar refractivity (Wildman–Crippen MR) is 83.7 cm³/mol. The Hall–Kier alpha value is -2.55. The maximum atomic E-state index is 13.2. The zero-order valence-electron chi connectivity index (χ0n) is 13.0. The Morgan fingerprint density at radius 1 is 1.46 bits per heavy atom. The molecule has 1 saturated heterocycles. The van der Waals surface area contributed by atoms with Crippen molar-refractivity contribution in [1.29, 1.82) is 0 Å². The van der Waals surface area contributed by atoms with Crippen LogP contribution in [0.15, 0.2) is 18.2 Å². The van der Waals surface area contributed by atoms with Crippen LogP contribution in [0.4, 0.5) is 10.1 Å². The first-order valence-electron chi connectivity index (χ1n) is 7.65. The number of carbonyl (C=O) groups is 2. The molecule has 1 aliphatic rings. The molecule has 1 unspecified atom stereocenters. The number of halogens is 1. The Labute approximate surface area is 138 Å². The third-order valence-electron chi connectivity index (χ3n) is 3.91. The second-order valence-electron chi connectivity index (χ2n) is 5.59. The summed E-state index contributed by atoms with van der Waals surface area (Å²) in [7, 11) is 0. The van der Waals surface area contributed by atoms with E-state index in [1.54, 1.807) is 0 Å². The standard InChI is InChI=1S/C15H19FN4O4/c16-11-3-4-12(13(8-11)20(23)24)15(22)19-7-1-2-10(9-19)14(21)18-6-5-17/h3-4,8,10H,1-2,5-7,9,17H2,(H,18,21). The highest BCUT2D eigenvalue weighted by Gasteiger charge is 2.31. The Bertz CT molecular complexity index is 652. The second kappa shape index (κ2) is 7.82. The number of nitro benzene ring substituents is 1. The van der Waals surface area contributed by atoms with E-state index in [0.29, 0.717) is 32.5 Å². The van der Waals surface area contributed by atoms with Crippen LogP contribution in [-0.2, 0) is 4.79 Å². The van der Waals surface area contributed by atoms with Gasteiger partial charge in [-0.05, 0) is 25.0 Å². The fourth-order valence-electron chi connectivity index (χ4n) is 2.72. The Morgan fingerprint density at radius 2 is 2.21 bits per heavy atom. The zero-order chi connectivity index (χ0) is 17.7. The second-order valence-corrected chi connectivity index (χ2v) is 5.59. The van der Waals surface area contributed by atoms with Crippen molar-refractivity contribution in [2.75, 3.05) is 26.2 Å². The summed E-state index contributed by atoms with van der Waals surface area (Å²) in [5.74, 6) is -1.92. The summed E-state index contributed by atoms with van der Waals surface area (Å²) in [6.45, 7) is 1.24. The van der Waals surface area contributed by atoms with E-state index in [-0.39, 0.29) is 23.9 Å². The van der Waals surface area contributed by atoms with Crippen LogP contribution < -0.4 is 11.1 Å². The van der Waals surface area contributed by atoms with Gasteiger partial charge in [0.15, 0.2) is 0 Å². The van der Waals surface area contributed by atoms with Crippen molar-refractivity contribution in [3.63, 3.8) is 0 Å². The van der Waals surface area contributed by atoms with Crippen LogP contribution in [0.3, 0.4) is 0 Å². The zero-order valence-corrected chi connectivity index (χ0v) is 13.0. The van der Waals surface area contributed by atoms with Crippen LogP contribution in [0, 0.1) is 21.8 Å². The Balaban J connectivity index is 2.15. The molecule has 1 aliphatic heterocycles. The van der Waals surface area contributed by atoms with Crippen molar-refractivity contribution in [3.8, 4) is 0 Å². The molecule has 130 valence electrons. The van der Waals surface area contributed by atoms with Crippen LogP contribution in [-0.4, -0.2) is 47.8 Å². The van der Waals surface area contributed by atoms with Gasteiger partial charge in [-0.1, -0.05) is 0 Å². The number of nitro groups is 1. The molecule has 2 amide bonds. The van der Waals surface area contributed by atoms with Gasteiger partial charge in [-0.2, -0.15) is 0 Å². The molecule has 0 radical (unpaired) electrons. The van der Waals surface area contributed by atoms with E-state index in [1.807, 2.05) is 0 Å². The lowest BCUT2D eigenvalue weighted by atomic mass is 9.96. The number of hydrogen-bond acceptors (Lipinski definition) is 5. The number of benzene rings is 1. The average molecular weight is 338 g/mol. The van der Waals surface area contributed by atoms with Crippen molar-refractivity contribution in [1.82, 2.24) is 10.2 Å². The van der Waals surface area contributed by atoms with Crippen molar-refractivity contribution < 1.29 is 18.9 Å². The predicted octanol–water partition coefficient (Wildman–Crippen LogP) is 0.661. The van der Waals surface area contributed by atoms with Gasteiger partial charge in [0.2, 0.25) is 5.91 Å². The summed E-state index contributed by atoms with van der Waals surface area (Å²) in [5.41, 5.74) is 4.59. The molecular weight excluding hydrogens is 319 g/mol. The van der Waals surface area contributed by atoms with Gasteiger partial charge in [0.05, 0.1) is 16.9 Å². The molecule has 2 rings (SSSR count). The number of rotatable bonds is 5. The van der Waals surface area contributed by atoms with Gasteiger partial charge in [0.25, 0.3) is 11.6 Å². The molecule has 1 fully saturated rings. The third kappa shape index (κ3) is 4.05. The molecule has 0 saturated carbocycles. The minimum atomic E-state index is -0.786. The van der Waals surface area contributed by atoms with Gasteiger partial charge in [0, 0.05) is 26.2 Å². The highest BCUT2D eigenvalue weighted by atomic mass is 19.1. The molecule has 0 spiro atoms. The monoisotopic (exact) mass is 338 g/mol.